The van der Waals surface area contributed by atoms with Gasteiger partial charge in [0.2, 0.25) is 0 Å². The summed E-state index contributed by atoms with van der Waals surface area (Å²) in [6.45, 7) is 2.43. The number of thioether (sulfide) groups is 1. The van der Waals surface area contributed by atoms with Crippen LogP contribution in [-0.4, -0.2) is 15.8 Å². The number of nitrogens with zero attached hydrogens (tertiary/aromatic N) is 3. The summed E-state index contributed by atoms with van der Waals surface area (Å²) in [5.41, 5.74) is 1.38. The Bertz CT molecular complexity index is 966. The van der Waals surface area contributed by atoms with Crippen molar-refractivity contribution < 1.29 is 0 Å². The van der Waals surface area contributed by atoms with Crippen LogP contribution < -0.4 is 5.56 Å². The van der Waals surface area contributed by atoms with E-state index in [0.717, 1.165) is 21.7 Å². The molecule has 0 aliphatic carbocycles. The van der Waals surface area contributed by atoms with Crippen LogP contribution in [-0.2, 0) is 13.0 Å². The first kappa shape index (κ1) is 15.8. The first-order valence-electron chi connectivity index (χ1n) is 7.23. The maximum Gasteiger partial charge on any atom is 0.263 e. The topological polar surface area (TPSA) is 58.7 Å². The van der Waals surface area contributed by atoms with Gasteiger partial charge in [0.25, 0.3) is 5.56 Å². The van der Waals surface area contributed by atoms with E-state index in [9.17, 15) is 10.1 Å². The zero-order valence-corrected chi connectivity index (χ0v) is 14.5. The summed E-state index contributed by atoms with van der Waals surface area (Å²) in [6.07, 6.45) is 2.81. The van der Waals surface area contributed by atoms with Crippen LogP contribution in [0.5, 0.6) is 0 Å². The molecule has 2 heterocycles. The second-order valence-electron chi connectivity index (χ2n) is 5.04. The number of aryl methyl sites for hydroxylation is 1. The van der Waals surface area contributed by atoms with Crippen molar-refractivity contribution in [1.29, 1.82) is 5.26 Å². The molecule has 0 bridgehead atoms. The number of benzene rings is 1. The van der Waals surface area contributed by atoms with Crippen LogP contribution in [0.1, 0.15) is 22.9 Å². The number of thiophene rings is 1. The summed E-state index contributed by atoms with van der Waals surface area (Å²) in [5, 5.41) is 10.6. The van der Waals surface area contributed by atoms with Gasteiger partial charge in [-0.05, 0) is 30.4 Å². The highest BCUT2D eigenvalue weighted by Gasteiger charge is 2.14. The molecule has 116 valence electrons. The Morgan fingerprint density at radius 2 is 2.17 bits per heavy atom. The summed E-state index contributed by atoms with van der Waals surface area (Å²) in [4.78, 5) is 19.5. The summed E-state index contributed by atoms with van der Waals surface area (Å²) >= 11 is 3.02. The smallest absolute Gasteiger partial charge is 0.263 e. The number of fused-ring (bicyclic) bond motifs is 1. The predicted octanol–water partition coefficient (Wildman–Crippen LogP) is 3.66. The molecule has 0 N–H and O–H groups in total. The molecule has 4 nitrogen and oxygen atoms in total. The van der Waals surface area contributed by atoms with Gasteiger partial charge in [-0.2, -0.15) is 5.26 Å². The molecule has 0 saturated carbocycles. The van der Waals surface area contributed by atoms with Gasteiger partial charge in [-0.25, -0.2) is 4.98 Å². The molecule has 0 aliphatic heterocycles. The first-order chi connectivity index (χ1) is 11.2. The predicted molar refractivity (Wildman–Crippen MR) is 95.3 cm³/mol. The molecule has 23 heavy (non-hydrogen) atoms. The summed E-state index contributed by atoms with van der Waals surface area (Å²) < 4.78 is 1.66. The Labute approximate surface area is 142 Å². The van der Waals surface area contributed by atoms with Gasteiger partial charge in [0.05, 0.1) is 23.6 Å². The largest absolute Gasteiger partial charge is 0.283 e. The van der Waals surface area contributed by atoms with Crippen molar-refractivity contribution in [3.63, 3.8) is 0 Å². The molecule has 0 saturated heterocycles. The quantitative estimate of drug-likeness (QED) is 0.537. The second-order valence-corrected chi connectivity index (χ2v) is 6.93. The minimum Gasteiger partial charge on any atom is -0.283 e. The molecule has 1 aromatic carbocycles. The molecular formula is C17H15N3OS2. The van der Waals surface area contributed by atoms with Gasteiger partial charge in [-0.15, -0.1) is 11.3 Å². The van der Waals surface area contributed by atoms with E-state index in [-0.39, 0.29) is 5.56 Å². The molecule has 2 aromatic heterocycles. The van der Waals surface area contributed by atoms with Crippen molar-refractivity contribution in [3.05, 3.63) is 56.7 Å². The molecule has 0 fully saturated rings. The number of hydrogen-bond acceptors (Lipinski definition) is 5. The minimum atomic E-state index is -0.0388. The minimum absolute atomic E-state index is 0.0388. The molecule has 0 radical (unpaired) electrons. The Kier molecular flexibility index (Phi) is 4.51. The first-order valence-corrected chi connectivity index (χ1v) is 9.27. The van der Waals surface area contributed by atoms with Crippen molar-refractivity contribution in [1.82, 2.24) is 9.55 Å². The summed E-state index contributed by atoms with van der Waals surface area (Å²) in [6, 6.07) is 11.5. The van der Waals surface area contributed by atoms with Crippen LogP contribution in [0.15, 0.2) is 40.3 Å². The number of aromatic nitrogens is 2. The standard InChI is InChI=1S/C17H15N3OS2/c1-3-13-8-14-15(23-13)19-17(22-2)20(16(14)21)10-12-7-5-4-6-11(12)9-18/h4-8H,3,10H2,1-2H3. The summed E-state index contributed by atoms with van der Waals surface area (Å²) in [7, 11) is 0. The van der Waals surface area contributed by atoms with E-state index in [1.807, 2.05) is 30.5 Å². The lowest BCUT2D eigenvalue weighted by molar-refractivity contribution is 0.659. The van der Waals surface area contributed by atoms with E-state index >= 15 is 0 Å². The average molecular weight is 341 g/mol. The lowest BCUT2D eigenvalue weighted by Crippen LogP contribution is -2.23. The van der Waals surface area contributed by atoms with Crippen molar-refractivity contribution in [2.45, 2.75) is 25.0 Å². The average Bonchev–Trinajstić information content (AvgIpc) is 3.01. The Morgan fingerprint density at radius 1 is 1.39 bits per heavy atom. The molecule has 3 aromatic rings. The van der Waals surface area contributed by atoms with E-state index in [0.29, 0.717) is 22.7 Å². The molecule has 6 heteroatoms. The van der Waals surface area contributed by atoms with Gasteiger partial charge in [-0.1, -0.05) is 36.9 Å². The highest BCUT2D eigenvalue weighted by molar-refractivity contribution is 7.98. The van der Waals surface area contributed by atoms with E-state index in [2.05, 4.69) is 18.0 Å². The maximum absolute atomic E-state index is 12.9. The third kappa shape index (κ3) is 2.90. The van der Waals surface area contributed by atoms with Gasteiger partial charge in [0.15, 0.2) is 5.16 Å². The van der Waals surface area contributed by atoms with E-state index < -0.39 is 0 Å². The van der Waals surface area contributed by atoms with Crippen LogP contribution in [0.4, 0.5) is 0 Å². The normalized spacial score (nSPS) is 10.8. The van der Waals surface area contributed by atoms with E-state index in [1.54, 1.807) is 22.0 Å². The van der Waals surface area contributed by atoms with Crippen molar-refractivity contribution in [2.75, 3.05) is 6.26 Å². The fourth-order valence-corrected chi connectivity index (χ4v) is 4.02. The van der Waals surface area contributed by atoms with E-state index in [1.165, 1.54) is 11.8 Å². The Balaban J connectivity index is 2.18. The lowest BCUT2D eigenvalue weighted by Gasteiger charge is -2.11. The van der Waals surface area contributed by atoms with Crippen LogP contribution in [0.3, 0.4) is 0 Å². The number of nitriles is 1. The fourth-order valence-electron chi connectivity index (χ4n) is 2.45. The van der Waals surface area contributed by atoms with Crippen LogP contribution in [0.2, 0.25) is 0 Å². The molecule has 0 amide bonds. The Hall–Kier alpha value is -2.10. The molecule has 0 spiro atoms. The van der Waals surface area contributed by atoms with Crippen molar-refractivity contribution >= 4 is 33.3 Å². The number of rotatable bonds is 4. The van der Waals surface area contributed by atoms with Crippen LogP contribution in [0.25, 0.3) is 10.2 Å². The molecule has 0 unspecified atom stereocenters. The molecular weight excluding hydrogens is 326 g/mol. The van der Waals surface area contributed by atoms with Crippen molar-refractivity contribution in [3.8, 4) is 6.07 Å². The van der Waals surface area contributed by atoms with E-state index in [4.69, 9.17) is 0 Å². The fraction of sp³-hybridized carbons (Fsp3) is 0.235. The van der Waals surface area contributed by atoms with Gasteiger partial charge in [0.1, 0.15) is 4.83 Å². The molecule has 0 atom stereocenters. The van der Waals surface area contributed by atoms with Gasteiger partial charge >= 0.3 is 0 Å². The van der Waals surface area contributed by atoms with Gasteiger partial charge in [0, 0.05) is 4.88 Å². The number of hydrogen-bond donors (Lipinski definition) is 0. The summed E-state index contributed by atoms with van der Waals surface area (Å²) in [5.74, 6) is 0. The zero-order chi connectivity index (χ0) is 16.4. The highest BCUT2D eigenvalue weighted by atomic mass is 32.2. The second kappa shape index (κ2) is 6.57. The van der Waals surface area contributed by atoms with Gasteiger partial charge < -0.3 is 0 Å². The third-order valence-corrected chi connectivity index (χ3v) is 5.51. The molecule has 3 rings (SSSR count). The maximum atomic E-state index is 12.9. The van der Waals surface area contributed by atoms with Crippen LogP contribution in [0, 0.1) is 11.3 Å². The highest BCUT2D eigenvalue weighted by Crippen LogP contribution is 2.25. The van der Waals surface area contributed by atoms with Gasteiger partial charge in [-0.3, -0.25) is 9.36 Å². The monoisotopic (exact) mass is 341 g/mol. The van der Waals surface area contributed by atoms with Crippen LogP contribution >= 0.6 is 23.1 Å². The third-order valence-electron chi connectivity index (χ3n) is 3.66. The van der Waals surface area contributed by atoms with Crippen molar-refractivity contribution in [2.24, 2.45) is 0 Å². The lowest BCUT2D eigenvalue weighted by atomic mass is 10.1. The zero-order valence-electron chi connectivity index (χ0n) is 12.9. The molecule has 0 aliphatic rings. The Morgan fingerprint density at radius 3 is 2.87 bits per heavy atom. The SMILES string of the molecule is CCc1cc2c(=O)n(Cc3ccccc3C#N)c(SC)nc2s1.